The van der Waals surface area contributed by atoms with Crippen molar-refractivity contribution in [2.45, 2.75) is 51.2 Å². The van der Waals surface area contributed by atoms with E-state index in [4.69, 9.17) is 14.2 Å². The summed E-state index contributed by atoms with van der Waals surface area (Å²) in [4.78, 5) is 24.7. The Morgan fingerprint density at radius 1 is 1.19 bits per heavy atom. The van der Waals surface area contributed by atoms with Crippen LogP contribution in [0, 0.1) is 0 Å². The van der Waals surface area contributed by atoms with Gasteiger partial charge in [0.1, 0.15) is 17.4 Å². The zero-order valence-corrected chi connectivity index (χ0v) is 15.9. The van der Waals surface area contributed by atoms with Crippen LogP contribution in [0.1, 0.15) is 54.9 Å². The standard InChI is InChI=1S/C20H26O7/c1-12-7-6-10-15(22)14(21)9-5-4-8-13-18(20(24)27-12)16(23)11-17(25-2)19(13)26-3/h4,8,11-12,15,22-23H,5-7,9-10H2,1-3H3/b8-4+/t12-,15-/m0/s1. The lowest BCUT2D eigenvalue weighted by Crippen LogP contribution is -2.21. The Bertz CT molecular complexity index is 724. The maximum Gasteiger partial charge on any atom is 0.342 e. The van der Waals surface area contributed by atoms with Crippen LogP contribution < -0.4 is 9.47 Å². The molecule has 148 valence electrons. The summed E-state index contributed by atoms with van der Waals surface area (Å²) < 4.78 is 16.0. The van der Waals surface area contributed by atoms with Gasteiger partial charge in [-0.05, 0) is 32.6 Å². The van der Waals surface area contributed by atoms with Crippen molar-refractivity contribution in [2.24, 2.45) is 0 Å². The average molecular weight is 378 g/mol. The van der Waals surface area contributed by atoms with Gasteiger partial charge in [0.2, 0.25) is 0 Å². The number of phenols is 1. The summed E-state index contributed by atoms with van der Waals surface area (Å²) in [6, 6.07) is 1.31. The molecule has 27 heavy (non-hydrogen) atoms. The molecule has 0 saturated heterocycles. The van der Waals surface area contributed by atoms with E-state index in [2.05, 4.69) is 0 Å². The molecule has 1 aliphatic rings. The van der Waals surface area contributed by atoms with Crippen molar-refractivity contribution >= 4 is 17.8 Å². The molecule has 0 bridgehead atoms. The van der Waals surface area contributed by atoms with E-state index in [1.165, 1.54) is 20.3 Å². The monoisotopic (exact) mass is 378 g/mol. The molecule has 1 aromatic carbocycles. The minimum Gasteiger partial charge on any atom is -0.507 e. The van der Waals surface area contributed by atoms with Crippen molar-refractivity contribution in [1.29, 1.82) is 0 Å². The number of benzene rings is 1. The molecule has 7 nitrogen and oxygen atoms in total. The summed E-state index contributed by atoms with van der Waals surface area (Å²) in [5.41, 5.74) is 0.302. The number of phenolic OH excluding ortho intramolecular Hbond substituents is 1. The smallest absolute Gasteiger partial charge is 0.342 e. The molecule has 0 unspecified atom stereocenters. The van der Waals surface area contributed by atoms with Crippen molar-refractivity contribution < 1.29 is 34.0 Å². The Kier molecular flexibility index (Phi) is 7.24. The van der Waals surface area contributed by atoms with Gasteiger partial charge >= 0.3 is 5.97 Å². The Labute approximate surface area is 158 Å². The highest BCUT2D eigenvalue weighted by atomic mass is 16.5. The zero-order chi connectivity index (χ0) is 20.0. The number of cyclic esters (lactones) is 1. The van der Waals surface area contributed by atoms with Crippen LogP contribution in [-0.4, -0.2) is 48.4 Å². The van der Waals surface area contributed by atoms with Gasteiger partial charge in [0, 0.05) is 18.1 Å². The van der Waals surface area contributed by atoms with Crippen molar-refractivity contribution in [3.8, 4) is 17.2 Å². The van der Waals surface area contributed by atoms with E-state index in [9.17, 15) is 19.8 Å². The molecular weight excluding hydrogens is 352 g/mol. The van der Waals surface area contributed by atoms with E-state index in [-0.39, 0.29) is 35.0 Å². The molecule has 0 fully saturated rings. The molecule has 0 radical (unpaired) electrons. The van der Waals surface area contributed by atoms with Crippen LogP contribution in [0.15, 0.2) is 12.1 Å². The van der Waals surface area contributed by atoms with Crippen molar-refractivity contribution in [1.82, 2.24) is 0 Å². The summed E-state index contributed by atoms with van der Waals surface area (Å²) in [5.74, 6) is -0.615. The van der Waals surface area contributed by atoms with Crippen LogP contribution in [0.3, 0.4) is 0 Å². The van der Waals surface area contributed by atoms with Gasteiger partial charge < -0.3 is 24.4 Å². The Morgan fingerprint density at radius 2 is 1.93 bits per heavy atom. The second kappa shape index (κ2) is 9.41. The second-order valence-corrected chi connectivity index (χ2v) is 6.49. The molecule has 1 aliphatic heterocycles. The number of aliphatic hydroxyl groups excluding tert-OH is 1. The number of ether oxygens (including phenoxy) is 3. The van der Waals surface area contributed by atoms with Gasteiger partial charge in [-0.15, -0.1) is 0 Å². The van der Waals surface area contributed by atoms with Gasteiger partial charge in [-0.1, -0.05) is 12.2 Å². The number of allylic oxidation sites excluding steroid dienone is 1. The number of Topliss-reactive ketones (excluding diaryl/α,β-unsaturated/α-hetero) is 1. The maximum atomic E-state index is 12.7. The van der Waals surface area contributed by atoms with E-state index in [1.54, 1.807) is 19.1 Å². The number of carbonyl (C=O) groups is 2. The van der Waals surface area contributed by atoms with E-state index in [1.807, 2.05) is 0 Å². The number of aliphatic hydroxyl groups is 1. The van der Waals surface area contributed by atoms with Gasteiger partial charge in [-0.25, -0.2) is 4.79 Å². The quantitative estimate of drug-likeness (QED) is 0.763. The van der Waals surface area contributed by atoms with Gasteiger partial charge in [-0.2, -0.15) is 0 Å². The van der Waals surface area contributed by atoms with Crippen LogP contribution in [-0.2, 0) is 9.53 Å². The number of hydrogen-bond donors (Lipinski definition) is 2. The first-order valence-corrected chi connectivity index (χ1v) is 8.95. The predicted octanol–water partition coefficient (Wildman–Crippen LogP) is 2.86. The lowest BCUT2D eigenvalue weighted by molar-refractivity contribution is -0.127. The summed E-state index contributed by atoms with van der Waals surface area (Å²) in [5, 5.41) is 20.3. The minimum atomic E-state index is -1.00. The maximum absolute atomic E-state index is 12.7. The normalized spacial score (nSPS) is 23.0. The highest BCUT2D eigenvalue weighted by Crippen LogP contribution is 2.40. The number of ketones is 1. The number of fused-ring (bicyclic) bond motifs is 1. The van der Waals surface area contributed by atoms with E-state index >= 15 is 0 Å². The number of methoxy groups -OCH3 is 2. The predicted molar refractivity (Wildman–Crippen MR) is 99.2 cm³/mol. The third-order valence-electron chi connectivity index (χ3n) is 4.50. The zero-order valence-electron chi connectivity index (χ0n) is 15.9. The first-order chi connectivity index (χ1) is 12.9. The second-order valence-electron chi connectivity index (χ2n) is 6.49. The first kappa shape index (κ1) is 20.8. The SMILES string of the molecule is COc1cc(O)c2c(c1OC)/C=C/CCC(=O)[C@@H](O)CCC[C@H](C)OC2=O. The molecule has 1 heterocycles. The Morgan fingerprint density at radius 3 is 2.59 bits per heavy atom. The number of esters is 1. The summed E-state index contributed by atoms with van der Waals surface area (Å²) in [6.45, 7) is 1.73. The van der Waals surface area contributed by atoms with Gasteiger partial charge in [0.15, 0.2) is 17.3 Å². The lowest BCUT2D eigenvalue weighted by Gasteiger charge is -2.19. The van der Waals surface area contributed by atoms with Crippen molar-refractivity contribution in [2.75, 3.05) is 14.2 Å². The highest BCUT2D eigenvalue weighted by molar-refractivity contribution is 5.98. The molecule has 2 N–H and O–H groups in total. The molecule has 0 saturated carbocycles. The number of rotatable bonds is 2. The number of carbonyl (C=O) groups excluding carboxylic acids is 2. The summed E-state index contributed by atoms with van der Waals surface area (Å²) in [7, 11) is 2.86. The van der Waals surface area contributed by atoms with Crippen LogP contribution in [0.4, 0.5) is 0 Å². The lowest BCUT2D eigenvalue weighted by atomic mass is 10.0. The van der Waals surface area contributed by atoms with Crippen LogP contribution >= 0.6 is 0 Å². The van der Waals surface area contributed by atoms with E-state index in [0.29, 0.717) is 31.2 Å². The molecular formula is C20H26O7. The number of hydrogen-bond acceptors (Lipinski definition) is 7. The highest BCUT2D eigenvalue weighted by Gasteiger charge is 2.26. The molecule has 2 rings (SSSR count). The fraction of sp³-hybridized carbons (Fsp3) is 0.500. The van der Waals surface area contributed by atoms with Gasteiger partial charge in [0.05, 0.1) is 20.3 Å². The van der Waals surface area contributed by atoms with Gasteiger partial charge in [0.25, 0.3) is 0 Å². The number of aromatic hydroxyl groups is 1. The first-order valence-electron chi connectivity index (χ1n) is 8.95. The third kappa shape index (κ3) is 5.01. The molecule has 7 heteroatoms. The largest absolute Gasteiger partial charge is 0.507 e. The van der Waals surface area contributed by atoms with Crippen LogP contribution in [0.2, 0.25) is 0 Å². The van der Waals surface area contributed by atoms with Crippen molar-refractivity contribution in [3.05, 3.63) is 23.3 Å². The molecule has 2 atom stereocenters. The van der Waals surface area contributed by atoms with Crippen molar-refractivity contribution in [3.63, 3.8) is 0 Å². The fourth-order valence-corrected chi connectivity index (χ4v) is 3.04. The van der Waals surface area contributed by atoms with Crippen LogP contribution in [0.5, 0.6) is 17.2 Å². The third-order valence-corrected chi connectivity index (χ3v) is 4.50. The topological polar surface area (TPSA) is 102 Å². The van der Waals surface area contributed by atoms with E-state index < -0.39 is 18.2 Å². The molecule has 0 amide bonds. The summed E-state index contributed by atoms with van der Waals surface area (Å²) in [6.07, 6.45) is 3.77. The minimum absolute atomic E-state index is 0.0147. The fourth-order valence-electron chi connectivity index (χ4n) is 3.04. The Hall–Kier alpha value is -2.54. The molecule has 0 aromatic heterocycles. The van der Waals surface area contributed by atoms with E-state index in [0.717, 1.165) is 0 Å². The molecule has 0 spiro atoms. The molecule has 1 aromatic rings. The summed E-state index contributed by atoms with van der Waals surface area (Å²) >= 11 is 0. The molecule has 0 aliphatic carbocycles. The average Bonchev–Trinajstić information content (AvgIpc) is 2.63. The van der Waals surface area contributed by atoms with Crippen LogP contribution in [0.25, 0.3) is 6.08 Å². The van der Waals surface area contributed by atoms with Gasteiger partial charge in [-0.3, -0.25) is 4.79 Å². The Balaban J connectivity index is 2.50.